The van der Waals surface area contributed by atoms with Crippen LogP contribution >= 0.6 is 27.3 Å². The number of hydrogen-bond donors (Lipinski definition) is 1. The number of hydrogen-bond acceptors (Lipinski definition) is 4. The topological polar surface area (TPSA) is 51.8 Å². The van der Waals surface area contributed by atoms with Gasteiger partial charge >= 0.3 is 0 Å². The first-order valence-corrected chi connectivity index (χ1v) is 6.15. The van der Waals surface area contributed by atoms with E-state index in [1.54, 1.807) is 11.3 Å². The molecule has 2 rings (SSSR count). The Morgan fingerprint density at radius 1 is 1.40 bits per heavy atom. The van der Waals surface area contributed by atoms with Crippen molar-refractivity contribution in [2.75, 3.05) is 0 Å². The van der Waals surface area contributed by atoms with Gasteiger partial charge in [0.05, 0.1) is 10.6 Å². The Balaban J connectivity index is 2.48. The molecule has 0 aliphatic carbocycles. The third kappa shape index (κ3) is 2.42. The molecule has 0 aliphatic rings. The summed E-state index contributed by atoms with van der Waals surface area (Å²) in [5, 5.41) is 2.02. The Bertz CT molecular complexity index is 481. The van der Waals surface area contributed by atoms with Crippen LogP contribution in [-0.2, 0) is 6.54 Å². The number of aryl methyl sites for hydroxylation is 1. The average Bonchev–Trinajstić information content (AvgIpc) is 2.64. The van der Waals surface area contributed by atoms with Crippen LogP contribution in [0.2, 0.25) is 0 Å². The fourth-order valence-electron chi connectivity index (χ4n) is 1.28. The van der Waals surface area contributed by atoms with E-state index >= 15 is 0 Å². The van der Waals surface area contributed by atoms with Crippen molar-refractivity contribution in [3.05, 3.63) is 33.4 Å². The average molecular weight is 284 g/mol. The fourth-order valence-corrected chi connectivity index (χ4v) is 2.64. The zero-order chi connectivity index (χ0) is 10.8. The second kappa shape index (κ2) is 4.38. The van der Waals surface area contributed by atoms with E-state index in [0.29, 0.717) is 6.54 Å². The second-order valence-corrected chi connectivity index (χ2v) is 4.98. The quantitative estimate of drug-likeness (QED) is 0.922. The molecule has 0 atom stereocenters. The number of nitrogens with two attached hydrogens (primary N) is 1. The normalized spacial score (nSPS) is 10.6. The van der Waals surface area contributed by atoms with Gasteiger partial charge in [0.15, 0.2) is 5.82 Å². The summed E-state index contributed by atoms with van der Waals surface area (Å²) in [6.45, 7) is 2.40. The van der Waals surface area contributed by atoms with Crippen LogP contribution in [0.1, 0.15) is 11.4 Å². The summed E-state index contributed by atoms with van der Waals surface area (Å²) in [7, 11) is 0. The molecule has 0 aromatic carbocycles. The van der Waals surface area contributed by atoms with E-state index in [1.807, 2.05) is 24.4 Å². The Labute approximate surface area is 101 Å². The zero-order valence-electron chi connectivity index (χ0n) is 8.20. The van der Waals surface area contributed by atoms with Crippen molar-refractivity contribution in [1.29, 1.82) is 0 Å². The number of halogens is 1. The minimum Gasteiger partial charge on any atom is -0.325 e. The molecular weight excluding hydrogens is 274 g/mol. The van der Waals surface area contributed by atoms with E-state index in [0.717, 1.165) is 26.6 Å². The maximum absolute atomic E-state index is 5.57. The number of aromatic nitrogens is 2. The van der Waals surface area contributed by atoms with Crippen LogP contribution < -0.4 is 5.73 Å². The Kier molecular flexibility index (Phi) is 3.14. The van der Waals surface area contributed by atoms with Crippen molar-refractivity contribution in [3.8, 4) is 10.7 Å². The van der Waals surface area contributed by atoms with Crippen molar-refractivity contribution >= 4 is 27.3 Å². The van der Waals surface area contributed by atoms with E-state index in [1.165, 1.54) is 0 Å². The molecule has 2 aromatic heterocycles. The molecule has 0 fully saturated rings. The van der Waals surface area contributed by atoms with Crippen molar-refractivity contribution in [2.45, 2.75) is 13.5 Å². The number of thiophene rings is 1. The SMILES string of the molecule is Cc1cc(CN)nc(-c2cc(Br)cs2)n1. The summed E-state index contributed by atoms with van der Waals surface area (Å²) in [5.41, 5.74) is 7.40. The molecule has 15 heavy (non-hydrogen) atoms. The maximum Gasteiger partial charge on any atom is 0.169 e. The zero-order valence-corrected chi connectivity index (χ0v) is 10.6. The molecule has 2 heterocycles. The summed E-state index contributed by atoms with van der Waals surface area (Å²) in [5.74, 6) is 0.756. The molecule has 0 spiro atoms. The highest BCUT2D eigenvalue weighted by Crippen LogP contribution is 2.27. The Morgan fingerprint density at radius 3 is 2.80 bits per heavy atom. The molecule has 0 saturated heterocycles. The molecule has 5 heteroatoms. The molecule has 2 aromatic rings. The second-order valence-electron chi connectivity index (χ2n) is 3.16. The smallest absolute Gasteiger partial charge is 0.169 e. The maximum atomic E-state index is 5.57. The summed E-state index contributed by atoms with van der Waals surface area (Å²) in [6.07, 6.45) is 0. The predicted octanol–water partition coefficient (Wildman–Crippen LogP) is 2.73. The van der Waals surface area contributed by atoms with Gasteiger partial charge in [-0.1, -0.05) is 0 Å². The van der Waals surface area contributed by atoms with Crippen LogP contribution in [0.3, 0.4) is 0 Å². The van der Waals surface area contributed by atoms with Crippen molar-refractivity contribution in [2.24, 2.45) is 5.73 Å². The van der Waals surface area contributed by atoms with E-state index < -0.39 is 0 Å². The Hall–Kier alpha value is -0.780. The van der Waals surface area contributed by atoms with E-state index in [-0.39, 0.29) is 0 Å². The summed E-state index contributed by atoms with van der Waals surface area (Å²) in [6, 6.07) is 3.92. The van der Waals surface area contributed by atoms with E-state index in [4.69, 9.17) is 5.73 Å². The highest BCUT2D eigenvalue weighted by molar-refractivity contribution is 9.10. The van der Waals surface area contributed by atoms with Crippen molar-refractivity contribution in [1.82, 2.24) is 9.97 Å². The lowest BCUT2D eigenvalue weighted by Gasteiger charge is -2.01. The van der Waals surface area contributed by atoms with Crippen LogP contribution in [0.5, 0.6) is 0 Å². The Morgan fingerprint density at radius 2 is 2.20 bits per heavy atom. The molecule has 78 valence electrons. The first-order valence-electron chi connectivity index (χ1n) is 4.48. The fraction of sp³-hybridized carbons (Fsp3) is 0.200. The van der Waals surface area contributed by atoms with Crippen LogP contribution in [0.15, 0.2) is 22.0 Å². The van der Waals surface area contributed by atoms with Gasteiger partial charge < -0.3 is 5.73 Å². The molecule has 0 unspecified atom stereocenters. The molecule has 0 bridgehead atoms. The minimum absolute atomic E-state index is 0.447. The molecule has 0 saturated carbocycles. The minimum atomic E-state index is 0.447. The first kappa shape index (κ1) is 10.7. The molecule has 0 radical (unpaired) electrons. The van der Waals surface area contributed by atoms with Crippen LogP contribution in [0.25, 0.3) is 10.7 Å². The first-order chi connectivity index (χ1) is 7.19. The summed E-state index contributed by atoms with van der Waals surface area (Å²) >= 11 is 5.03. The van der Waals surface area contributed by atoms with Gasteiger partial charge in [0.2, 0.25) is 0 Å². The standard InChI is InChI=1S/C10H10BrN3S/c1-6-2-8(4-12)14-10(13-6)9-3-7(11)5-15-9/h2-3,5H,4,12H2,1H3. The van der Waals surface area contributed by atoms with Crippen molar-refractivity contribution in [3.63, 3.8) is 0 Å². The lowest BCUT2D eigenvalue weighted by atomic mass is 10.3. The van der Waals surface area contributed by atoms with Gasteiger partial charge in [0, 0.05) is 22.1 Å². The molecule has 2 N–H and O–H groups in total. The van der Waals surface area contributed by atoms with Gasteiger partial charge in [-0.25, -0.2) is 9.97 Å². The monoisotopic (exact) mass is 283 g/mol. The predicted molar refractivity (Wildman–Crippen MR) is 65.7 cm³/mol. The molecule has 0 amide bonds. The van der Waals surface area contributed by atoms with E-state index in [2.05, 4.69) is 25.9 Å². The summed E-state index contributed by atoms with van der Waals surface area (Å²) < 4.78 is 1.06. The molecule has 3 nitrogen and oxygen atoms in total. The number of rotatable bonds is 2. The van der Waals surface area contributed by atoms with Gasteiger partial charge in [-0.15, -0.1) is 11.3 Å². The van der Waals surface area contributed by atoms with Gasteiger partial charge in [-0.3, -0.25) is 0 Å². The number of nitrogens with zero attached hydrogens (tertiary/aromatic N) is 2. The molecule has 0 aliphatic heterocycles. The van der Waals surface area contributed by atoms with E-state index in [9.17, 15) is 0 Å². The third-order valence-electron chi connectivity index (χ3n) is 1.90. The highest BCUT2D eigenvalue weighted by Gasteiger charge is 2.06. The molecular formula is C10H10BrN3S. The van der Waals surface area contributed by atoms with Gasteiger partial charge in [0.1, 0.15) is 0 Å². The van der Waals surface area contributed by atoms with Crippen LogP contribution in [-0.4, -0.2) is 9.97 Å². The van der Waals surface area contributed by atoms with Gasteiger partial charge in [-0.05, 0) is 35.0 Å². The van der Waals surface area contributed by atoms with Crippen LogP contribution in [0.4, 0.5) is 0 Å². The summed E-state index contributed by atoms with van der Waals surface area (Å²) in [4.78, 5) is 9.83. The lowest BCUT2D eigenvalue weighted by molar-refractivity contribution is 0.955. The van der Waals surface area contributed by atoms with Crippen LogP contribution in [0, 0.1) is 6.92 Å². The largest absolute Gasteiger partial charge is 0.325 e. The highest BCUT2D eigenvalue weighted by atomic mass is 79.9. The van der Waals surface area contributed by atoms with Crippen molar-refractivity contribution < 1.29 is 0 Å². The van der Waals surface area contributed by atoms with Gasteiger partial charge in [0.25, 0.3) is 0 Å². The van der Waals surface area contributed by atoms with Gasteiger partial charge in [-0.2, -0.15) is 0 Å². The lowest BCUT2D eigenvalue weighted by Crippen LogP contribution is -2.02. The third-order valence-corrected chi connectivity index (χ3v) is 3.59.